The Labute approximate surface area is 172 Å². The maximum absolute atomic E-state index is 13.6. The van der Waals surface area contributed by atoms with E-state index in [4.69, 9.17) is 4.74 Å². The third kappa shape index (κ3) is 4.10. The fraction of sp³-hybridized carbons (Fsp3) is 0.381. The van der Waals surface area contributed by atoms with Crippen LogP contribution in [0.1, 0.15) is 34.9 Å². The fourth-order valence-corrected chi connectivity index (χ4v) is 3.54. The fourth-order valence-electron chi connectivity index (χ4n) is 3.54. The molecule has 0 saturated carbocycles. The number of halogens is 3. The van der Waals surface area contributed by atoms with E-state index in [0.717, 1.165) is 22.8 Å². The third-order valence-corrected chi connectivity index (χ3v) is 4.84. The smallest absolute Gasteiger partial charge is 0.417 e. The van der Waals surface area contributed by atoms with Crippen LogP contribution in [0.15, 0.2) is 18.2 Å². The predicted octanol–water partition coefficient (Wildman–Crippen LogP) is 4.63. The molecule has 6 nitrogen and oxygen atoms in total. The summed E-state index contributed by atoms with van der Waals surface area (Å²) in [5.41, 5.74) is 2.85. The molecule has 0 fully saturated rings. The molecule has 9 heteroatoms. The van der Waals surface area contributed by atoms with E-state index < -0.39 is 23.8 Å². The van der Waals surface area contributed by atoms with Crippen molar-refractivity contribution in [3.05, 3.63) is 46.1 Å². The Morgan fingerprint density at radius 2 is 1.73 bits per heavy atom. The number of anilines is 1. The Bertz CT molecular complexity index is 1110. The highest BCUT2D eigenvalue weighted by molar-refractivity contribution is 5.95. The van der Waals surface area contributed by atoms with E-state index in [9.17, 15) is 18.0 Å². The molecule has 2 aromatic heterocycles. The molecule has 0 aliphatic rings. The van der Waals surface area contributed by atoms with Gasteiger partial charge >= 0.3 is 6.18 Å². The number of hydrogen-bond acceptors (Lipinski definition) is 4. The van der Waals surface area contributed by atoms with Crippen molar-refractivity contribution in [1.82, 2.24) is 14.8 Å². The van der Waals surface area contributed by atoms with Crippen LogP contribution < -0.4 is 10.1 Å². The molecule has 1 aromatic carbocycles. The van der Waals surface area contributed by atoms with Gasteiger partial charge in [-0.05, 0) is 45.7 Å². The zero-order chi connectivity index (χ0) is 22.4. The SMILES string of the molecule is Cc1cc(C)c(NC(=O)C(C)Oc2cc(C(F)(F)F)c3c(C)nn(C)c3n2)c(C)c1. The van der Waals surface area contributed by atoms with Gasteiger partial charge in [0, 0.05) is 18.8 Å². The first kappa shape index (κ1) is 21.6. The lowest BCUT2D eigenvalue weighted by molar-refractivity contribution is -0.136. The van der Waals surface area contributed by atoms with Crippen molar-refractivity contribution < 1.29 is 22.7 Å². The van der Waals surface area contributed by atoms with E-state index in [0.29, 0.717) is 5.69 Å². The van der Waals surface area contributed by atoms with Crippen molar-refractivity contribution in [3.63, 3.8) is 0 Å². The summed E-state index contributed by atoms with van der Waals surface area (Å²) in [6.07, 6.45) is -5.68. The maximum atomic E-state index is 13.6. The molecule has 1 atom stereocenters. The van der Waals surface area contributed by atoms with Crippen LogP contribution in [0.4, 0.5) is 18.9 Å². The molecule has 1 amide bonds. The Kier molecular flexibility index (Phi) is 5.49. The van der Waals surface area contributed by atoms with Gasteiger partial charge in [0.15, 0.2) is 11.8 Å². The number of rotatable bonds is 4. The second kappa shape index (κ2) is 7.62. The molecule has 1 unspecified atom stereocenters. The zero-order valence-electron chi connectivity index (χ0n) is 17.6. The number of carbonyl (C=O) groups excluding carboxylic acids is 1. The number of amides is 1. The van der Waals surface area contributed by atoms with Crippen LogP contribution in [-0.4, -0.2) is 26.8 Å². The van der Waals surface area contributed by atoms with Gasteiger partial charge < -0.3 is 10.1 Å². The van der Waals surface area contributed by atoms with Crippen LogP contribution in [0.3, 0.4) is 0 Å². The van der Waals surface area contributed by atoms with Gasteiger partial charge in [-0.15, -0.1) is 0 Å². The van der Waals surface area contributed by atoms with Gasteiger partial charge in [-0.2, -0.15) is 23.3 Å². The second-order valence-electron chi connectivity index (χ2n) is 7.44. The lowest BCUT2D eigenvalue weighted by Gasteiger charge is -2.18. The largest absolute Gasteiger partial charge is 0.464 e. The van der Waals surface area contributed by atoms with Crippen LogP contribution in [0.25, 0.3) is 11.0 Å². The average molecular weight is 420 g/mol. The summed E-state index contributed by atoms with van der Waals surface area (Å²) >= 11 is 0. The number of carbonyl (C=O) groups is 1. The van der Waals surface area contributed by atoms with E-state index in [2.05, 4.69) is 15.4 Å². The first-order chi connectivity index (χ1) is 13.9. The Morgan fingerprint density at radius 3 is 2.30 bits per heavy atom. The molecule has 30 heavy (non-hydrogen) atoms. The van der Waals surface area contributed by atoms with Crippen LogP contribution in [0.5, 0.6) is 5.88 Å². The number of fused-ring (bicyclic) bond motifs is 1. The number of nitrogens with one attached hydrogen (secondary N) is 1. The Morgan fingerprint density at radius 1 is 1.13 bits per heavy atom. The highest BCUT2D eigenvalue weighted by Gasteiger charge is 2.36. The second-order valence-corrected chi connectivity index (χ2v) is 7.44. The number of nitrogens with zero attached hydrogens (tertiary/aromatic N) is 3. The highest BCUT2D eigenvalue weighted by Crippen LogP contribution is 2.37. The Balaban J connectivity index is 1.91. The summed E-state index contributed by atoms with van der Waals surface area (Å²) in [7, 11) is 1.51. The molecule has 0 bridgehead atoms. The number of pyridine rings is 1. The van der Waals surface area contributed by atoms with Gasteiger partial charge in [0.1, 0.15) is 0 Å². The molecule has 0 saturated heterocycles. The van der Waals surface area contributed by atoms with Gasteiger partial charge in [-0.3, -0.25) is 9.48 Å². The lowest BCUT2D eigenvalue weighted by atomic mass is 10.0. The van der Waals surface area contributed by atoms with Crippen molar-refractivity contribution >= 4 is 22.6 Å². The van der Waals surface area contributed by atoms with Crippen LogP contribution in [0, 0.1) is 27.7 Å². The average Bonchev–Trinajstić information content (AvgIpc) is 2.90. The predicted molar refractivity (Wildman–Crippen MR) is 108 cm³/mol. The van der Waals surface area contributed by atoms with Crippen LogP contribution >= 0.6 is 0 Å². The molecule has 0 radical (unpaired) electrons. The maximum Gasteiger partial charge on any atom is 0.417 e. The summed E-state index contributed by atoms with van der Waals surface area (Å²) in [4.78, 5) is 16.8. The Hall–Kier alpha value is -3.10. The van der Waals surface area contributed by atoms with E-state index >= 15 is 0 Å². The highest BCUT2D eigenvalue weighted by atomic mass is 19.4. The first-order valence-electron chi connectivity index (χ1n) is 9.35. The molecular formula is C21H23F3N4O2. The van der Waals surface area contributed by atoms with Crippen molar-refractivity contribution in [2.75, 3.05) is 5.32 Å². The summed E-state index contributed by atoms with van der Waals surface area (Å²) < 4.78 is 47.5. The molecule has 1 N–H and O–H groups in total. The summed E-state index contributed by atoms with van der Waals surface area (Å²) in [6.45, 7) is 8.65. The topological polar surface area (TPSA) is 69.0 Å². The minimum absolute atomic E-state index is 0.0372. The van der Waals surface area contributed by atoms with E-state index in [1.807, 2.05) is 32.9 Å². The monoisotopic (exact) mass is 420 g/mol. The van der Waals surface area contributed by atoms with Crippen molar-refractivity contribution in [1.29, 1.82) is 0 Å². The minimum Gasteiger partial charge on any atom is -0.464 e. The number of hydrogen-bond donors (Lipinski definition) is 1. The quantitative estimate of drug-likeness (QED) is 0.668. The van der Waals surface area contributed by atoms with E-state index in [-0.39, 0.29) is 22.6 Å². The molecule has 0 aliphatic carbocycles. The van der Waals surface area contributed by atoms with E-state index in [1.54, 1.807) is 0 Å². The molecule has 160 valence electrons. The summed E-state index contributed by atoms with van der Waals surface area (Å²) in [6, 6.07) is 4.68. The van der Waals surface area contributed by atoms with Crippen LogP contribution in [-0.2, 0) is 18.0 Å². The minimum atomic E-state index is -4.62. The third-order valence-electron chi connectivity index (χ3n) is 4.84. The van der Waals surface area contributed by atoms with Gasteiger partial charge in [0.25, 0.3) is 5.91 Å². The zero-order valence-corrected chi connectivity index (χ0v) is 17.6. The van der Waals surface area contributed by atoms with Crippen molar-refractivity contribution in [3.8, 4) is 5.88 Å². The van der Waals surface area contributed by atoms with Gasteiger partial charge in [0.05, 0.1) is 16.6 Å². The molecule has 2 heterocycles. The van der Waals surface area contributed by atoms with Crippen molar-refractivity contribution in [2.24, 2.45) is 7.05 Å². The standard InChI is InChI=1S/C21H23F3N4O2/c1-10-7-11(2)18(12(3)8-10)26-20(29)14(5)30-16-9-15(21(22,23)24)17-13(4)27-28(6)19(17)25-16/h7-9,14H,1-6H3,(H,26,29). The molecule has 3 aromatic rings. The molecular weight excluding hydrogens is 397 g/mol. The lowest BCUT2D eigenvalue weighted by Crippen LogP contribution is -2.31. The van der Waals surface area contributed by atoms with Gasteiger partial charge in [-0.25, -0.2) is 0 Å². The molecule has 0 spiro atoms. The van der Waals surface area contributed by atoms with Gasteiger partial charge in [0.2, 0.25) is 5.88 Å². The van der Waals surface area contributed by atoms with Crippen molar-refractivity contribution in [2.45, 2.75) is 46.9 Å². The number of aryl methyl sites for hydroxylation is 5. The molecule has 3 rings (SSSR count). The van der Waals surface area contributed by atoms with Crippen LogP contribution in [0.2, 0.25) is 0 Å². The number of aromatic nitrogens is 3. The van der Waals surface area contributed by atoms with E-state index in [1.165, 1.54) is 25.6 Å². The number of alkyl halides is 3. The number of benzene rings is 1. The molecule has 0 aliphatic heterocycles. The summed E-state index contributed by atoms with van der Waals surface area (Å²) in [5.74, 6) is -0.778. The number of ether oxygens (including phenoxy) is 1. The first-order valence-corrected chi connectivity index (χ1v) is 9.35. The van der Waals surface area contributed by atoms with Gasteiger partial charge in [-0.1, -0.05) is 17.7 Å². The normalized spacial score (nSPS) is 12.8. The summed E-state index contributed by atoms with van der Waals surface area (Å²) in [5, 5.41) is 6.73.